The van der Waals surface area contributed by atoms with Crippen LogP contribution < -0.4 is 4.74 Å². The molecule has 1 aromatic heterocycles. The van der Waals surface area contributed by atoms with Crippen LogP contribution >= 0.6 is 11.6 Å². The molecule has 0 aliphatic heterocycles. The molecule has 0 N–H and O–H groups in total. The number of ether oxygens (including phenoxy) is 1. The lowest BCUT2D eigenvalue weighted by atomic mass is 10.3. The summed E-state index contributed by atoms with van der Waals surface area (Å²) < 4.78 is 31.0. The highest BCUT2D eigenvalue weighted by atomic mass is 35.5. The van der Waals surface area contributed by atoms with Crippen LogP contribution in [0.2, 0.25) is 0 Å². The molecule has 0 bridgehead atoms. The Morgan fingerprint density at radius 1 is 1.22 bits per heavy atom. The third-order valence-corrected chi connectivity index (χ3v) is 2.29. The molecule has 18 heavy (non-hydrogen) atoms. The van der Waals surface area contributed by atoms with Crippen LogP contribution in [0.4, 0.5) is 8.78 Å². The number of benzene rings is 1. The molecule has 0 fully saturated rings. The van der Waals surface area contributed by atoms with Crippen molar-refractivity contribution in [2.24, 2.45) is 0 Å². The van der Waals surface area contributed by atoms with Gasteiger partial charge >= 0.3 is 0 Å². The predicted octanol–water partition coefficient (Wildman–Crippen LogP) is 3.53. The summed E-state index contributed by atoms with van der Waals surface area (Å²) in [6, 6.07) is 5.66. The van der Waals surface area contributed by atoms with Gasteiger partial charge in [0.1, 0.15) is 5.82 Å². The largest absolute Gasteiger partial charge is 0.436 e. The van der Waals surface area contributed by atoms with Gasteiger partial charge in [-0.15, -0.1) is 0 Å². The maximum Gasteiger partial charge on any atom is 0.253 e. The number of nitrogens with zero attached hydrogens (tertiary/aromatic N) is 1. The minimum Gasteiger partial charge on any atom is -0.436 e. The Balaban J connectivity index is 2.21. The Morgan fingerprint density at radius 3 is 2.56 bits per heavy atom. The average Bonchev–Trinajstić information content (AvgIpc) is 2.33. The van der Waals surface area contributed by atoms with E-state index in [4.69, 9.17) is 16.3 Å². The molecule has 2 rings (SSSR count). The molecule has 0 spiro atoms. The van der Waals surface area contributed by atoms with Gasteiger partial charge in [0.2, 0.25) is 5.88 Å². The van der Waals surface area contributed by atoms with Crippen molar-refractivity contribution in [2.45, 2.75) is 0 Å². The van der Waals surface area contributed by atoms with E-state index in [1.807, 2.05) is 0 Å². The van der Waals surface area contributed by atoms with Crippen molar-refractivity contribution in [1.29, 1.82) is 0 Å². The Hall–Kier alpha value is -2.01. The topological polar surface area (TPSA) is 39.2 Å². The molecular weight excluding hydrogens is 264 g/mol. The number of carbonyl (C=O) groups is 1. The van der Waals surface area contributed by atoms with Gasteiger partial charge in [0.15, 0.2) is 11.6 Å². The Bertz CT molecular complexity index is 587. The standard InChI is InChI=1S/C12H6ClF2NO2/c13-12(17)7-1-4-11(16-6-7)18-10-3-2-8(14)5-9(10)15/h1-6H. The zero-order valence-corrected chi connectivity index (χ0v) is 9.62. The van der Waals surface area contributed by atoms with E-state index in [9.17, 15) is 13.6 Å². The molecule has 3 nitrogen and oxygen atoms in total. The third kappa shape index (κ3) is 2.81. The van der Waals surface area contributed by atoms with Gasteiger partial charge in [-0.1, -0.05) is 0 Å². The lowest BCUT2D eigenvalue weighted by Gasteiger charge is -2.05. The number of rotatable bonds is 3. The first-order valence-electron chi connectivity index (χ1n) is 4.85. The molecule has 0 saturated heterocycles. The van der Waals surface area contributed by atoms with Gasteiger partial charge in [-0.3, -0.25) is 4.79 Å². The number of carbonyl (C=O) groups excluding carboxylic acids is 1. The second kappa shape index (κ2) is 5.10. The maximum absolute atomic E-state index is 13.3. The second-order valence-electron chi connectivity index (χ2n) is 3.34. The van der Waals surface area contributed by atoms with Crippen molar-refractivity contribution in [3.05, 3.63) is 53.7 Å². The van der Waals surface area contributed by atoms with Gasteiger partial charge in [0.25, 0.3) is 5.24 Å². The molecule has 1 heterocycles. The van der Waals surface area contributed by atoms with Crippen molar-refractivity contribution in [3.8, 4) is 11.6 Å². The fourth-order valence-electron chi connectivity index (χ4n) is 1.23. The molecule has 0 radical (unpaired) electrons. The normalized spacial score (nSPS) is 10.2. The fourth-order valence-corrected chi connectivity index (χ4v) is 1.34. The van der Waals surface area contributed by atoms with Crippen molar-refractivity contribution in [2.75, 3.05) is 0 Å². The first kappa shape index (κ1) is 12.4. The van der Waals surface area contributed by atoms with Crippen molar-refractivity contribution < 1.29 is 18.3 Å². The minimum atomic E-state index is -0.839. The number of halogens is 3. The van der Waals surface area contributed by atoms with Crippen molar-refractivity contribution in [3.63, 3.8) is 0 Å². The molecule has 0 unspecified atom stereocenters. The summed E-state index contributed by atoms with van der Waals surface area (Å²) >= 11 is 5.24. The second-order valence-corrected chi connectivity index (χ2v) is 3.68. The van der Waals surface area contributed by atoms with E-state index in [0.29, 0.717) is 6.07 Å². The Morgan fingerprint density at radius 2 is 2.00 bits per heavy atom. The molecule has 0 aliphatic carbocycles. The predicted molar refractivity (Wildman–Crippen MR) is 60.9 cm³/mol. The zero-order chi connectivity index (χ0) is 13.1. The zero-order valence-electron chi connectivity index (χ0n) is 8.86. The molecule has 0 aliphatic rings. The highest BCUT2D eigenvalue weighted by molar-refractivity contribution is 6.67. The monoisotopic (exact) mass is 269 g/mol. The molecule has 6 heteroatoms. The van der Waals surface area contributed by atoms with Crippen LogP contribution in [0.5, 0.6) is 11.6 Å². The number of hydrogen-bond donors (Lipinski definition) is 0. The number of pyridine rings is 1. The first-order valence-corrected chi connectivity index (χ1v) is 5.23. The number of aromatic nitrogens is 1. The van der Waals surface area contributed by atoms with E-state index in [-0.39, 0.29) is 17.2 Å². The summed E-state index contributed by atoms with van der Waals surface area (Å²) in [5.74, 6) is -1.62. The average molecular weight is 270 g/mol. The van der Waals surface area contributed by atoms with Crippen molar-refractivity contribution in [1.82, 2.24) is 4.98 Å². The van der Waals surface area contributed by atoms with E-state index in [2.05, 4.69) is 4.98 Å². The van der Waals surface area contributed by atoms with E-state index in [1.165, 1.54) is 18.3 Å². The van der Waals surface area contributed by atoms with Gasteiger partial charge in [0.05, 0.1) is 5.56 Å². The summed E-state index contributed by atoms with van der Waals surface area (Å²) in [5.41, 5.74) is 0.198. The molecule has 92 valence electrons. The van der Waals surface area contributed by atoms with Crippen LogP contribution in [0, 0.1) is 11.6 Å². The number of hydrogen-bond acceptors (Lipinski definition) is 3. The van der Waals surface area contributed by atoms with Gasteiger partial charge < -0.3 is 4.74 Å². The SMILES string of the molecule is O=C(Cl)c1ccc(Oc2ccc(F)cc2F)nc1. The third-order valence-electron chi connectivity index (χ3n) is 2.07. The fraction of sp³-hybridized carbons (Fsp3) is 0. The maximum atomic E-state index is 13.3. The van der Waals surface area contributed by atoms with E-state index in [0.717, 1.165) is 12.1 Å². The minimum absolute atomic E-state index is 0.0715. The summed E-state index contributed by atoms with van der Waals surface area (Å²) in [6.07, 6.45) is 1.20. The van der Waals surface area contributed by atoms with E-state index < -0.39 is 16.9 Å². The lowest BCUT2D eigenvalue weighted by Crippen LogP contribution is -1.94. The summed E-state index contributed by atoms with van der Waals surface area (Å²) in [6.45, 7) is 0. The van der Waals surface area contributed by atoms with Crippen LogP contribution in [0.1, 0.15) is 10.4 Å². The molecule has 1 aromatic carbocycles. The van der Waals surface area contributed by atoms with Crippen LogP contribution in [0.3, 0.4) is 0 Å². The highest BCUT2D eigenvalue weighted by Crippen LogP contribution is 2.23. The molecule has 0 amide bonds. The molecule has 0 atom stereocenters. The van der Waals surface area contributed by atoms with Gasteiger partial charge in [-0.2, -0.15) is 0 Å². The van der Waals surface area contributed by atoms with Crippen molar-refractivity contribution >= 4 is 16.8 Å². The van der Waals surface area contributed by atoms with Gasteiger partial charge in [0, 0.05) is 18.3 Å². The van der Waals surface area contributed by atoms with Gasteiger partial charge in [-0.05, 0) is 29.8 Å². The highest BCUT2D eigenvalue weighted by Gasteiger charge is 2.08. The van der Waals surface area contributed by atoms with E-state index in [1.54, 1.807) is 0 Å². The molecular formula is C12H6ClF2NO2. The van der Waals surface area contributed by atoms with Crippen LogP contribution in [-0.2, 0) is 0 Å². The van der Waals surface area contributed by atoms with Crippen LogP contribution in [-0.4, -0.2) is 10.2 Å². The lowest BCUT2D eigenvalue weighted by molar-refractivity contribution is 0.108. The molecule has 0 saturated carbocycles. The Kier molecular flexibility index (Phi) is 3.53. The van der Waals surface area contributed by atoms with Crippen LogP contribution in [0.15, 0.2) is 36.5 Å². The Labute approximate surface area is 106 Å². The first-order chi connectivity index (χ1) is 8.56. The van der Waals surface area contributed by atoms with Crippen LogP contribution in [0.25, 0.3) is 0 Å². The summed E-state index contributed by atoms with van der Waals surface area (Å²) in [7, 11) is 0. The van der Waals surface area contributed by atoms with E-state index >= 15 is 0 Å². The summed E-state index contributed by atoms with van der Waals surface area (Å²) in [5, 5.41) is -0.651. The summed E-state index contributed by atoms with van der Waals surface area (Å²) in [4.78, 5) is 14.6. The molecule has 2 aromatic rings. The quantitative estimate of drug-likeness (QED) is 0.800. The smallest absolute Gasteiger partial charge is 0.253 e. The van der Waals surface area contributed by atoms with Gasteiger partial charge in [-0.25, -0.2) is 13.8 Å².